The average Bonchev–Trinajstić information content (AvgIpc) is 1.91. The Balaban J connectivity index is 2.89. The van der Waals surface area contributed by atoms with Crippen LogP contribution >= 0.6 is 9.24 Å². The minimum atomic E-state index is 0.352. The first-order valence-electron chi connectivity index (χ1n) is 1.89. The van der Waals surface area contributed by atoms with E-state index in [1.54, 1.807) is 12.3 Å². The Labute approximate surface area is 44.0 Å². The van der Waals surface area contributed by atoms with Crippen LogP contribution < -0.4 is 0 Å². The molecular weight excluding hydrogens is 107 g/mol. The molecule has 0 saturated heterocycles. The van der Waals surface area contributed by atoms with Crippen molar-refractivity contribution in [2.24, 2.45) is 4.99 Å². The Hall–Kier alpha value is -0.490. The summed E-state index contributed by atoms with van der Waals surface area (Å²) < 4.78 is 0. The summed E-state index contributed by atoms with van der Waals surface area (Å²) in [5.74, 6) is 0.352. The molecule has 1 rings (SSSR count). The summed E-state index contributed by atoms with van der Waals surface area (Å²) in [5.41, 5.74) is 0. The smallest absolute Gasteiger partial charge is 0.151 e. The van der Waals surface area contributed by atoms with Crippen molar-refractivity contribution in [3.63, 3.8) is 0 Å². The molecule has 0 aromatic heterocycles. The largest absolute Gasteiger partial charge is 0.282 e. The van der Waals surface area contributed by atoms with Gasteiger partial charge in [-0.1, -0.05) is 0 Å². The molecule has 7 heavy (non-hydrogen) atoms. The third kappa shape index (κ3) is 0.751. The third-order valence-corrected chi connectivity index (χ3v) is 1.20. The van der Waals surface area contributed by atoms with Gasteiger partial charge >= 0.3 is 0 Å². The molecule has 36 valence electrons. The number of hydrogen-bond acceptors (Lipinski definition) is 1. The fraction of sp³-hybridized carbons (Fsp3) is 0. The van der Waals surface area contributed by atoms with Crippen molar-refractivity contribution in [2.75, 3.05) is 0 Å². The van der Waals surface area contributed by atoms with Crippen molar-refractivity contribution < 1.29 is 0 Å². The lowest BCUT2D eigenvalue weighted by molar-refractivity contribution is 1.47. The Morgan fingerprint density at radius 1 is 1.71 bits per heavy atom. The summed E-state index contributed by atoms with van der Waals surface area (Å²) in [6.07, 6.45) is 3.40. The van der Waals surface area contributed by atoms with Crippen molar-refractivity contribution in [1.82, 2.24) is 0 Å². The van der Waals surface area contributed by atoms with E-state index < -0.39 is 0 Å². The minimum Gasteiger partial charge on any atom is -0.282 e. The van der Waals surface area contributed by atoms with Crippen LogP contribution in [-0.4, -0.2) is 12.1 Å². The fourth-order valence-electron chi connectivity index (χ4n) is 0.346. The van der Waals surface area contributed by atoms with Crippen LogP contribution in [0.25, 0.3) is 0 Å². The van der Waals surface area contributed by atoms with Gasteiger partial charge in [-0.05, 0) is 6.08 Å². The highest BCUT2D eigenvalue weighted by Crippen LogP contribution is 2.09. The molecule has 0 bridgehead atoms. The Bertz CT molecular complexity index is 157. The SMILES string of the molecule is N=C1N=CC=C1P. The van der Waals surface area contributed by atoms with E-state index in [1.165, 1.54) is 0 Å². The van der Waals surface area contributed by atoms with Gasteiger partial charge < -0.3 is 0 Å². The van der Waals surface area contributed by atoms with E-state index in [2.05, 4.69) is 14.2 Å². The van der Waals surface area contributed by atoms with E-state index in [-0.39, 0.29) is 0 Å². The third-order valence-electron chi connectivity index (χ3n) is 0.731. The molecular formula is C4H5N2P. The summed E-state index contributed by atoms with van der Waals surface area (Å²) in [5, 5.41) is 7.83. The number of hydrogen-bond donors (Lipinski definition) is 1. The van der Waals surface area contributed by atoms with Crippen molar-refractivity contribution in [1.29, 1.82) is 5.41 Å². The molecule has 0 spiro atoms. The molecule has 1 heterocycles. The quantitative estimate of drug-likeness (QED) is 0.450. The van der Waals surface area contributed by atoms with Gasteiger partial charge in [-0.3, -0.25) is 5.41 Å². The average molecular weight is 112 g/mol. The Kier molecular flexibility index (Phi) is 1.03. The van der Waals surface area contributed by atoms with E-state index in [1.807, 2.05) is 0 Å². The maximum absolute atomic E-state index is 6.97. The first-order chi connectivity index (χ1) is 3.30. The highest BCUT2D eigenvalue weighted by Gasteiger charge is 1.98. The molecule has 0 aliphatic carbocycles. The van der Waals surface area contributed by atoms with E-state index in [9.17, 15) is 0 Å². The predicted octanol–water partition coefficient (Wildman–Crippen LogP) is 0.807. The monoisotopic (exact) mass is 112 g/mol. The molecule has 0 amide bonds. The standard InChI is InChI=1S/C4H5N2P/c5-4-3(7)1-2-6-4/h1-2,5H,7H2. The van der Waals surface area contributed by atoms with Gasteiger partial charge in [-0.2, -0.15) is 0 Å². The van der Waals surface area contributed by atoms with E-state index in [0.717, 1.165) is 5.31 Å². The Morgan fingerprint density at radius 3 is 2.57 bits per heavy atom. The minimum absolute atomic E-state index is 0.352. The van der Waals surface area contributed by atoms with Gasteiger partial charge in [0.05, 0.1) is 0 Å². The lowest BCUT2D eigenvalue weighted by Crippen LogP contribution is -1.81. The molecule has 0 fully saturated rings. The van der Waals surface area contributed by atoms with Crippen LogP contribution in [0.2, 0.25) is 0 Å². The summed E-state index contributed by atoms with van der Waals surface area (Å²) in [6, 6.07) is 0. The Morgan fingerprint density at radius 2 is 2.43 bits per heavy atom. The molecule has 1 atom stereocenters. The zero-order valence-electron chi connectivity index (χ0n) is 3.68. The summed E-state index contributed by atoms with van der Waals surface area (Å²) in [4.78, 5) is 3.66. The second kappa shape index (κ2) is 1.55. The molecule has 1 aliphatic heterocycles. The number of rotatable bonds is 0. The normalized spacial score (nSPS) is 17.9. The first-order valence-corrected chi connectivity index (χ1v) is 2.47. The molecule has 1 unspecified atom stereocenters. The van der Waals surface area contributed by atoms with Gasteiger partial charge in [0.1, 0.15) is 0 Å². The number of amidine groups is 1. The van der Waals surface area contributed by atoms with Gasteiger partial charge in [-0.15, -0.1) is 9.24 Å². The molecule has 0 radical (unpaired) electrons. The lowest BCUT2D eigenvalue weighted by Gasteiger charge is -1.82. The molecule has 0 aromatic rings. The summed E-state index contributed by atoms with van der Waals surface area (Å²) in [7, 11) is 2.42. The number of nitrogens with one attached hydrogen (secondary N) is 1. The van der Waals surface area contributed by atoms with Crippen LogP contribution in [0.4, 0.5) is 0 Å². The zero-order valence-corrected chi connectivity index (χ0v) is 4.83. The zero-order chi connectivity index (χ0) is 5.28. The van der Waals surface area contributed by atoms with Gasteiger partial charge in [-0.25, -0.2) is 4.99 Å². The molecule has 2 nitrogen and oxygen atoms in total. The highest BCUT2D eigenvalue weighted by atomic mass is 31.0. The number of aliphatic imine (C=N–C) groups is 1. The first kappa shape index (κ1) is 4.66. The van der Waals surface area contributed by atoms with Crippen molar-refractivity contribution >= 4 is 21.3 Å². The van der Waals surface area contributed by atoms with Crippen LogP contribution in [0.5, 0.6) is 0 Å². The number of nitrogens with zero attached hydrogens (tertiary/aromatic N) is 1. The van der Waals surface area contributed by atoms with E-state index in [0.29, 0.717) is 5.84 Å². The topological polar surface area (TPSA) is 36.2 Å². The molecule has 3 heteroatoms. The molecule has 1 aliphatic rings. The van der Waals surface area contributed by atoms with Crippen molar-refractivity contribution in [3.8, 4) is 0 Å². The summed E-state index contributed by atoms with van der Waals surface area (Å²) in [6.45, 7) is 0. The van der Waals surface area contributed by atoms with Gasteiger partial charge in [0.2, 0.25) is 0 Å². The van der Waals surface area contributed by atoms with Crippen LogP contribution in [-0.2, 0) is 0 Å². The van der Waals surface area contributed by atoms with Crippen LogP contribution in [0, 0.1) is 5.41 Å². The second-order valence-corrected chi connectivity index (χ2v) is 1.87. The maximum atomic E-state index is 6.97. The molecule has 1 N–H and O–H groups in total. The van der Waals surface area contributed by atoms with Gasteiger partial charge in [0.25, 0.3) is 0 Å². The predicted molar refractivity (Wildman–Crippen MR) is 34.0 cm³/mol. The van der Waals surface area contributed by atoms with Gasteiger partial charge in [0, 0.05) is 11.5 Å². The molecule has 0 saturated carbocycles. The number of allylic oxidation sites excluding steroid dienone is 1. The fourth-order valence-corrected chi connectivity index (χ4v) is 0.506. The molecule has 0 aromatic carbocycles. The summed E-state index contributed by atoms with van der Waals surface area (Å²) >= 11 is 0. The van der Waals surface area contributed by atoms with Crippen LogP contribution in [0.15, 0.2) is 16.4 Å². The maximum Gasteiger partial charge on any atom is 0.151 e. The van der Waals surface area contributed by atoms with E-state index in [4.69, 9.17) is 5.41 Å². The lowest BCUT2D eigenvalue weighted by atomic mass is 10.5. The highest BCUT2D eigenvalue weighted by molar-refractivity contribution is 7.25. The van der Waals surface area contributed by atoms with Gasteiger partial charge in [0.15, 0.2) is 5.84 Å². The van der Waals surface area contributed by atoms with Crippen LogP contribution in [0.1, 0.15) is 0 Å². The van der Waals surface area contributed by atoms with E-state index >= 15 is 0 Å². The second-order valence-electron chi connectivity index (χ2n) is 1.25. The van der Waals surface area contributed by atoms with Crippen LogP contribution in [0.3, 0.4) is 0 Å². The van der Waals surface area contributed by atoms with Crippen molar-refractivity contribution in [3.05, 3.63) is 11.4 Å². The van der Waals surface area contributed by atoms with Crippen molar-refractivity contribution in [2.45, 2.75) is 0 Å².